The molecule has 2 aromatic heterocycles. The van der Waals surface area contributed by atoms with Gasteiger partial charge in [-0.3, -0.25) is 9.71 Å². The minimum atomic E-state index is -3.82. The third kappa shape index (κ3) is 5.64. The van der Waals surface area contributed by atoms with Crippen molar-refractivity contribution in [3.63, 3.8) is 0 Å². The molecule has 0 saturated carbocycles. The summed E-state index contributed by atoms with van der Waals surface area (Å²) in [6.07, 6.45) is 1.64. The highest BCUT2D eigenvalue weighted by molar-refractivity contribution is 7.92. The number of nitrogens with one attached hydrogen (secondary N) is 1. The van der Waals surface area contributed by atoms with Gasteiger partial charge in [0.25, 0.3) is 10.0 Å². The molecule has 0 unspecified atom stereocenters. The van der Waals surface area contributed by atoms with Crippen LogP contribution >= 0.6 is 0 Å². The highest BCUT2D eigenvalue weighted by Crippen LogP contribution is 2.37. The predicted octanol–water partition coefficient (Wildman–Crippen LogP) is 6.03. The molecule has 206 valence electrons. The first kappa shape index (κ1) is 26.8. The van der Waals surface area contributed by atoms with Gasteiger partial charge in [-0.15, -0.1) is 0 Å². The maximum Gasteiger partial charge on any atom is 0.261 e. The number of aryl methyl sites for hydroxylation is 2. The Morgan fingerprint density at radius 1 is 0.850 bits per heavy atom. The van der Waals surface area contributed by atoms with Crippen molar-refractivity contribution >= 4 is 26.6 Å². The topological polar surface area (TPSA) is 122 Å². The quantitative estimate of drug-likeness (QED) is 0.218. The smallest absolute Gasteiger partial charge is 0.261 e. The van der Waals surface area contributed by atoms with Crippen LogP contribution in [0.1, 0.15) is 17.0 Å². The van der Waals surface area contributed by atoms with Gasteiger partial charge in [-0.1, -0.05) is 5.16 Å². The normalized spacial score (nSPS) is 11.3. The molecular formula is C29H27N3O7S. The SMILES string of the molecule is COc1cc2nccc(Oc3ccc(NS(=O)(=O)c4ccc(OCc5c(C)noc5C)cc4)cc3)c2cc1OC. The van der Waals surface area contributed by atoms with Crippen molar-refractivity contribution in [3.8, 4) is 28.7 Å². The Morgan fingerprint density at radius 2 is 1.52 bits per heavy atom. The third-order valence-corrected chi connectivity index (χ3v) is 7.64. The van der Waals surface area contributed by atoms with Crippen LogP contribution in [0.4, 0.5) is 5.69 Å². The molecule has 5 aromatic rings. The maximum absolute atomic E-state index is 12.9. The van der Waals surface area contributed by atoms with E-state index in [0.29, 0.717) is 45.7 Å². The minimum absolute atomic E-state index is 0.102. The van der Waals surface area contributed by atoms with Crippen LogP contribution in [0.25, 0.3) is 10.9 Å². The summed E-state index contributed by atoms with van der Waals surface area (Å²) in [7, 11) is -0.699. The second-order valence-electron chi connectivity index (χ2n) is 8.83. The van der Waals surface area contributed by atoms with Gasteiger partial charge in [0, 0.05) is 23.3 Å². The Kier molecular flexibility index (Phi) is 7.47. The molecule has 0 amide bonds. The van der Waals surface area contributed by atoms with Gasteiger partial charge in [0.2, 0.25) is 0 Å². The van der Waals surface area contributed by atoms with Gasteiger partial charge in [-0.25, -0.2) is 8.42 Å². The summed E-state index contributed by atoms with van der Waals surface area (Å²) in [6, 6.07) is 18.1. The van der Waals surface area contributed by atoms with Crippen molar-refractivity contribution in [3.05, 3.63) is 89.9 Å². The fraction of sp³-hybridized carbons (Fsp3) is 0.172. The lowest BCUT2D eigenvalue weighted by molar-refractivity contribution is 0.301. The molecule has 11 heteroatoms. The lowest BCUT2D eigenvalue weighted by Gasteiger charge is -2.13. The molecule has 0 bridgehead atoms. The average molecular weight is 562 g/mol. The third-order valence-electron chi connectivity index (χ3n) is 6.24. The highest BCUT2D eigenvalue weighted by Gasteiger charge is 2.16. The lowest BCUT2D eigenvalue weighted by atomic mass is 10.2. The Bertz CT molecular complexity index is 1730. The number of pyridine rings is 1. The molecule has 2 heterocycles. The summed E-state index contributed by atoms with van der Waals surface area (Å²) in [5.41, 5.74) is 2.69. The second-order valence-corrected chi connectivity index (χ2v) is 10.5. The molecule has 1 N–H and O–H groups in total. The van der Waals surface area contributed by atoms with Gasteiger partial charge in [-0.2, -0.15) is 0 Å². The van der Waals surface area contributed by atoms with Crippen molar-refractivity contribution < 1.29 is 31.9 Å². The van der Waals surface area contributed by atoms with E-state index >= 15 is 0 Å². The first-order chi connectivity index (χ1) is 19.3. The molecule has 3 aromatic carbocycles. The summed E-state index contributed by atoms with van der Waals surface area (Å²) >= 11 is 0. The fourth-order valence-electron chi connectivity index (χ4n) is 4.05. The van der Waals surface area contributed by atoms with E-state index < -0.39 is 10.0 Å². The van der Waals surface area contributed by atoms with E-state index in [4.69, 9.17) is 23.5 Å². The number of hydrogen-bond donors (Lipinski definition) is 1. The molecule has 10 nitrogen and oxygen atoms in total. The van der Waals surface area contributed by atoms with E-state index in [1.807, 2.05) is 13.8 Å². The van der Waals surface area contributed by atoms with Crippen molar-refractivity contribution in [1.29, 1.82) is 0 Å². The van der Waals surface area contributed by atoms with Crippen LogP contribution in [0.2, 0.25) is 0 Å². The van der Waals surface area contributed by atoms with Crippen molar-refractivity contribution in [2.75, 3.05) is 18.9 Å². The first-order valence-corrected chi connectivity index (χ1v) is 13.7. The predicted molar refractivity (Wildman–Crippen MR) is 149 cm³/mol. The molecule has 40 heavy (non-hydrogen) atoms. The molecule has 0 fully saturated rings. The summed E-state index contributed by atoms with van der Waals surface area (Å²) < 4.78 is 56.2. The molecular weight excluding hydrogens is 534 g/mol. The number of methoxy groups -OCH3 is 2. The summed E-state index contributed by atoms with van der Waals surface area (Å²) in [5, 5.41) is 4.64. The first-order valence-electron chi connectivity index (χ1n) is 12.2. The zero-order valence-corrected chi connectivity index (χ0v) is 23.1. The van der Waals surface area contributed by atoms with Gasteiger partial charge in [0.15, 0.2) is 11.5 Å². The summed E-state index contributed by atoms with van der Waals surface area (Å²) in [6.45, 7) is 3.93. The number of aromatic nitrogens is 2. The number of rotatable bonds is 10. The van der Waals surface area contributed by atoms with Crippen LogP contribution in [0.15, 0.2) is 82.3 Å². The maximum atomic E-state index is 12.9. The van der Waals surface area contributed by atoms with Gasteiger partial charge in [0.1, 0.15) is 29.6 Å². The molecule has 0 spiro atoms. The van der Waals surface area contributed by atoms with Crippen LogP contribution in [0.3, 0.4) is 0 Å². The zero-order valence-electron chi connectivity index (χ0n) is 22.3. The van der Waals surface area contributed by atoms with Crippen LogP contribution < -0.4 is 23.7 Å². The number of benzene rings is 3. The molecule has 0 aliphatic heterocycles. The number of nitrogens with zero attached hydrogens (tertiary/aromatic N) is 2. The van der Waals surface area contributed by atoms with Crippen molar-refractivity contribution in [2.24, 2.45) is 0 Å². The van der Waals surface area contributed by atoms with E-state index in [1.165, 1.54) is 12.1 Å². The van der Waals surface area contributed by atoms with E-state index in [1.54, 1.807) is 75.0 Å². The molecule has 0 saturated heterocycles. The van der Waals surface area contributed by atoms with Crippen molar-refractivity contribution in [1.82, 2.24) is 10.1 Å². The minimum Gasteiger partial charge on any atom is -0.493 e. The van der Waals surface area contributed by atoms with Crippen LogP contribution in [0.5, 0.6) is 28.7 Å². The standard InChI is InChI=1S/C29H27N3O7S/c1-18-25(19(2)39-31-18)17-37-21-9-11-23(12-10-21)40(33,34)32-20-5-7-22(8-6-20)38-27-13-14-30-26-16-29(36-4)28(35-3)15-24(26)27/h5-16,32H,17H2,1-4H3. The van der Waals surface area contributed by atoms with Crippen molar-refractivity contribution in [2.45, 2.75) is 25.3 Å². The highest BCUT2D eigenvalue weighted by atomic mass is 32.2. The van der Waals surface area contributed by atoms with Gasteiger partial charge in [-0.05, 0) is 74.5 Å². The Balaban J connectivity index is 1.26. The largest absolute Gasteiger partial charge is 0.493 e. The Morgan fingerprint density at radius 3 is 2.17 bits per heavy atom. The van der Waals surface area contributed by atoms with Crippen LogP contribution in [-0.2, 0) is 16.6 Å². The van der Waals surface area contributed by atoms with Gasteiger partial charge >= 0.3 is 0 Å². The second kappa shape index (κ2) is 11.1. The van der Waals surface area contributed by atoms with E-state index in [-0.39, 0.29) is 11.5 Å². The molecule has 0 aliphatic carbocycles. The summed E-state index contributed by atoms with van der Waals surface area (Å²) in [5.74, 6) is 3.42. The Hall–Kier alpha value is -4.77. The lowest BCUT2D eigenvalue weighted by Crippen LogP contribution is -2.12. The van der Waals surface area contributed by atoms with Crippen LogP contribution in [0, 0.1) is 13.8 Å². The van der Waals surface area contributed by atoms with E-state index in [0.717, 1.165) is 16.6 Å². The number of sulfonamides is 1. The Labute approximate surface area is 231 Å². The number of anilines is 1. The fourth-order valence-corrected chi connectivity index (χ4v) is 5.11. The number of hydrogen-bond acceptors (Lipinski definition) is 9. The van der Waals surface area contributed by atoms with E-state index in [2.05, 4.69) is 14.9 Å². The molecule has 5 rings (SSSR count). The monoisotopic (exact) mass is 561 g/mol. The number of ether oxygens (including phenoxy) is 4. The zero-order chi connectivity index (χ0) is 28.3. The van der Waals surface area contributed by atoms with Gasteiger partial charge < -0.3 is 23.5 Å². The van der Waals surface area contributed by atoms with Crippen LogP contribution in [-0.4, -0.2) is 32.8 Å². The number of fused-ring (bicyclic) bond motifs is 1. The molecule has 0 radical (unpaired) electrons. The average Bonchev–Trinajstić information content (AvgIpc) is 3.28. The summed E-state index contributed by atoms with van der Waals surface area (Å²) in [4.78, 5) is 4.48. The molecule has 0 atom stereocenters. The molecule has 0 aliphatic rings. The van der Waals surface area contributed by atoms with E-state index in [9.17, 15) is 8.42 Å². The van der Waals surface area contributed by atoms with Gasteiger partial charge in [0.05, 0.1) is 35.9 Å².